The summed E-state index contributed by atoms with van der Waals surface area (Å²) in [6.45, 7) is 3.15. The molecule has 9 heteroatoms. The van der Waals surface area contributed by atoms with Crippen LogP contribution in [-0.4, -0.2) is 55.6 Å². The van der Waals surface area contributed by atoms with E-state index in [1.807, 2.05) is 50.2 Å². The summed E-state index contributed by atoms with van der Waals surface area (Å²) in [5.74, 6) is -1.59. The number of rotatable bonds is 12. The fraction of sp³-hybridized carbons (Fsp3) is 0.333. The van der Waals surface area contributed by atoms with E-state index in [1.54, 1.807) is 30.3 Å². The highest BCUT2D eigenvalue weighted by molar-refractivity contribution is 7.88. The number of ether oxygens (including phenoxy) is 1. The molecule has 39 heavy (non-hydrogen) atoms. The summed E-state index contributed by atoms with van der Waals surface area (Å²) in [5, 5.41) is 12.2. The Morgan fingerprint density at radius 2 is 1.49 bits per heavy atom. The molecule has 0 spiro atoms. The summed E-state index contributed by atoms with van der Waals surface area (Å²) in [7, 11) is -3.97. The third kappa shape index (κ3) is 7.25. The van der Waals surface area contributed by atoms with Crippen LogP contribution >= 0.6 is 0 Å². The number of sulfonamides is 1. The fourth-order valence-electron chi connectivity index (χ4n) is 5.10. The molecule has 2 N–H and O–H groups in total. The molecule has 0 heterocycles. The molecule has 0 radical (unpaired) electrons. The van der Waals surface area contributed by atoms with Gasteiger partial charge >= 0.3 is 12.1 Å². The van der Waals surface area contributed by atoms with Gasteiger partial charge in [-0.2, -0.15) is 4.31 Å². The molecule has 0 saturated carbocycles. The van der Waals surface area contributed by atoms with Crippen molar-refractivity contribution in [2.75, 3.05) is 19.7 Å². The first-order valence-corrected chi connectivity index (χ1v) is 14.6. The van der Waals surface area contributed by atoms with E-state index in [2.05, 4.69) is 17.4 Å². The summed E-state index contributed by atoms with van der Waals surface area (Å²) in [6, 6.07) is 24.0. The predicted molar refractivity (Wildman–Crippen MR) is 150 cm³/mol. The average molecular weight is 551 g/mol. The van der Waals surface area contributed by atoms with E-state index in [-0.39, 0.29) is 30.7 Å². The Bertz CT molecular complexity index is 1360. The number of aliphatic carboxylic acids is 1. The first kappa shape index (κ1) is 28.3. The minimum Gasteiger partial charge on any atom is -0.480 e. The van der Waals surface area contributed by atoms with Gasteiger partial charge in [0.25, 0.3) is 0 Å². The average Bonchev–Trinajstić information content (AvgIpc) is 3.20. The summed E-state index contributed by atoms with van der Waals surface area (Å²) >= 11 is 0. The van der Waals surface area contributed by atoms with Crippen LogP contribution < -0.4 is 5.32 Å². The van der Waals surface area contributed by atoms with Gasteiger partial charge in [0.15, 0.2) is 0 Å². The number of nitrogens with zero attached hydrogens (tertiary/aromatic N) is 1. The Balaban J connectivity index is 1.46. The van der Waals surface area contributed by atoms with E-state index in [0.717, 1.165) is 26.6 Å². The molecule has 1 unspecified atom stereocenters. The lowest BCUT2D eigenvalue weighted by atomic mass is 9.98. The van der Waals surface area contributed by atoms with Crippen molar-refractivity contribution >= 4 is 22.1 Å². The van der Waals surface area contributed by atoms with Crippen molar-refractivity contribution < 1.29 is 27.9 Å². The van der Waals surface area contributed by atoms with Crippen molar-refractivity contribution in [2.24, 2.45) is 5.92 Å². The van der Waals surface area contributed by atoms with E-state index in [9.17, 15) is 23.1 Å². The molecular formula is C30H34N2O6S. The highest BCUT2D eigenvalue weighted by Gasteiger charge is 2.31. The Morgan fingerprint density at radius 3 is 2.05 bits per heavy atom. The maximum Gasteiger partial charge on any atom is 0.407 e. The number of carbonyl (C=O) groups is 2. The Morgan fingerprint density at radius 1 is 0.923 bits per heavy atom. The van der Waals surface area contributed by atoms with Gasteiger partial charge in [-0.15, -0.1) is 0 Å². The smallest absolute Gasteiger partial charge is 0.407 e. The van der Waals surface area contributed by atoms with Crippen molar-refractivity contribution in [1.82, 2.24) is 9.62 Å². The number of carboxylic acid groups (broad SMARTS) is 1. The van der Waals surface area contributed by atoms with Gasteiger partial charge in [0, 0.05) is 18.5 Å². The van der Waals surface area contributed by atoms with Crippen LogP contribution in [0.3, 0.4) is 0 Å². The predicted octanol–water partition coefficient (Wildman–Crippen LogP) is 4.86. The molecule has 0 fully saturated rings. The zero-order valence-electron chi connectivity index (χ0n) is 22.1. The highest BCUT2D eigenvalue weighted by atomic mass is 32.2. The van der Waals surface area contributed by atoms with Crippen molar-refractivity contribution in [3.63, 3.8) is 0 Å². The van der Waals surface area contributed by atoms with Gasteiger partial charge in [0.2, 0.25) is 10.0 Å². The topological polar surface area (TPSA) is 113 Å². The second-order valence-electron chi connectivity index (χ2n) is 10.2. The number of carboxylic acids is 1. The molecule has 0 saturated heterocycles. The lowest BCUT2D eigenvalue weighted by Crippen LogP contribution is -2.48. The zero-order chi connectivity index (χ0) is 28.0. The van der Waals surface area contributed by atoms with Crippen LogP contribution in [0.5, 0.6) is 0 Å². The lowest BCUT2D eigenvalue weighted by Gasteiger charge is -2.27. The summed E-state index contributed by atoms with van der Waals surface area (Å²) in [6.07, 6.45) is -0.223. The first-order chi connectivity index (χ1) is 18.6. The molecule has 0 bridgehead atoms. The molecule has 0 aromatic heterocycles. The van der Waals surface area contributed by atoms with Crippen molar-refractivity contribution in [3.8, 4) is 11.1 Å². The number of nitrogens with one attached hydrogen (secondary N) is 1. The molecule has 8 nitrogen and oxygen atoms in total. The van der Waals surface area contributed by atoms with Gasteiger partial charge in [0.1, 0.15) is 13.2 Å². The maximum absolute atomic E-state index is 13.2. The van der Waals surface area contributed by atoms with Gasteiger partial charge in [-0.25, -0.2) is 13.2 Å². The molecule has 1 aliphatic carbocycles. The van der Waals surface area contributed by atoms with Gasteiger partial charge in [-0.3, -0.25) is 4.79 Å². The number of benzene rings is 3. The minimum absolute atomic E-state index is 0.110. The van der Waals surface area contributed by atoms with Crippen molar-refractivity contribution in [2.45, 2.75) is 38.0 Å². The summed E-state index contributed by atoms with van der Waals surface area (Å²) in [4.78, 5) is 24.5. The molecule has 206 valence electrons. The van der Waals surface area contributed by atoms with Gasteiger partial charge < -0.3 is 15.2 Å². The van der Waals surface area contributed by atoms with Crippen LogP contribution in [-0.2, 0) is 25.3 Å². The number of amides is 1. The lowest BCUT2D eigenvalue weighted by molar-refractivity contribution is -0.137. The molecular weight excluding hydrogens is 516 g/mol. The monoisotopic (exact) mass is 550 g/mol. The second kappa shape index (κ2) is 12.4. The van der Waals surface area contributed by atoms with E-state index in [4.69, 9.17) is 4.74 Å². The van der Waals surface area contributed by atoms with E-state index in [1.165, 1.54) is 0 Å². The number of hydrogen-bond donors (Lipinski definition) is 2. The Hall–Kier alpha value is -3.69. The van der Waals surface area contributed by atoms with E-state index < -0.39 is 34.7 Å². The number of carbonyl (C=O) groups excluding carboxylic acids is 1. The first-order valence-electron chi connectivity index (χ1n) is 13.0. The molecule has 3 aromatic carbocycles. The van der Waals surface area contributed by atoms with Crippen LogP contribution in [0.1, 0.15) is 42.9 Å². The number of alkyl carbamates (subject to hydrolysis) is 1. The largest absolute Gasteiger partial charge is 0.480 e. The second-order valence-corrected chi connectivity index (χ2v) is 12.2. The fourth-order valence-corrected chi connectivity index (χ4v) is 6.61. The van der Waals surface area contributed by atoms with Crippen molar-refractivity contribution in [1.29, 1.82) is 0 Å². The van der Waals surface area contributed by atoms with E-state index >= 15 is 0 Å². The van der Waals surface area contributed by atoms with Crippen LogP contribution in [0.15, 0.2) is 78.9 Å². The van der Waals surface area contributed by atoms with Crippen LogP contribution in [0, 0.1) is 5.92 Å². The molecule has 4 rings (SSSR count). The van der Waals surface area contributed by atoms with Crippen molar-refractivity contribution in [3.05, 3.63) is 95.6 Å². The van der Waals surface area contributed by atoms with Gasteiger partial charge in [-0.05, 0) is 40.2 Å². The Kier molecular flexibility index (Phi) is 9.04. The summed E-state index contributed by atoms with van der Waals surface area (Å²) in [5.41, 5.74) is 4.97. The molecule has 1 aliphatic rings. The van der Waals surface area contributed by atoms with Crippen LogP contribution in [0.2, 0.25) is 0 Å². The standard InChI is InChI=1S/C30H34N2O6S/c1-21(2)16-23(17-32(18-29(33)34)39(36,37)20-22-10-4-3-5-11-22)31-30(35)38-19-28-26-14-8-6-12-24(26)25-13-7-9-15-27(25)28/h3-15,21,23,28H,16-20H2,1-2H3,(H,31,35)(H,33,34). The minimum atomic E-state index is -3.97. The van der Waals surface area contributed by atoms with Crippen LogP contribution in [0.25, 0.3) is 11.1 Å². The SMILES string of the molecule is CC(C)CC(CN(CC(=O)O)S(=O)(=O)Cc1ccccc1)NC(=O)OCC1c2ccccc2-c2ccccc21. The van der Waals surface area contributed by atoms with E-state index in [0.29, 0.717) is 12.0 Å². The van der Waals surface area contributed by atoms with Gasteiger partial charge in [-0.1, -0.05) is 92.7 Å². The summed E-state index contributed by atoms with van der Waals surface area (Å²) < 4.78 is 33.0. The normalized spacial score (nSPS) is 13.6. The number of fused-ring (bicyclic) bond motifs is 3. The highest BCUT2D eigenvalue weighted by Crippen LogP contribution is 2.44. The molecule has 1 atom stereocenters. The van der Waals surface area contributed by atoms with Crippen LogP contribution in [0.4, 0.5) is 4.79 Å². The molecule has 3 aromatic rings. The zero-order valence-corrected chi connectivity index (χ0v) is 22.9. The Labute approximate surface area is 229 Å². The third-order valence-corrected chi connectivity index (χ3v) is 8.51. The molecule has 0 aliphatic heterocycles. The van der Waals surface area contributed by atoms with Gasteiger partial charge in [0.05, 0.1) is 5.75 Å². The number of hydrogen-bond acceptors (Lipinski definition) is 5. The third-order valence-electron chi connectivity index (χ3n) is 6.74. The molecule has 1 amide bonds. The quantitative estimate of drug-likeness (QED) is 0.333. The maximum atomic E-state index is 13.2.